The van der Waals surface area contributed by atoms with Crippen LogP contribution in [0.15, 0.2) is 103 Å². The number of benzene rings is 3. The molecule has 120 valence electrons. The zero-order valence-corrected chi connectivity index (χ0v) is 15.1. The van der Waals surface area contributed by atoms with Gasteiger partial charge in [0.1, 0.15) is 0 Å². The van der Waals surface area contributed by atoms with Gasteiger partial charge in [0.05, 0.1) is 30.2 Å². The van der Waals surface area contributed by atoms with Crippen molar-refractivity contribution in [3.8, 4) is 0 Å². The molecular formula is C23H24P+. The largest absolute Gasteiger partial charge is 0.0998 e. The Hall–Kier alpha value is -2.17. The molecule has 0 atom stereocenters. The van der Waals surface area contributed by atoms with Crippen LogP contribution in [-0.2, 0) is 6.16 Å². The SMILES string of the molecule is CC=CC[P+](Cc1ccccc1)(c1ccccc1)c1ccccc1. The minimum Gasteiger partial charge on any atom is -0.0881 e. The molecule has 0 unspecified atom stereocenters. The first-order chi connectivity index (χ1) is 11.8. The van der Waals surface area contributed by atoms with Crippen molar-refractivity contribution in [1.82, 2.24) is 0 Å². The van der Waals surface area contributed by atoms with Gasteiger partial charge in [0.2, 0.25) is 0 Å². The Bertz CT molecular complexity index is 721. The summed E-state index contributed by atoms with van der Waals surface area (Å²) in [5.74, 6) is 0. The second-order valence-corrected chi connectivity index (χ2v) is 9.68. The molecule has 0 nitrogen and oxygen atoms in total. The molecule has 1 heteroatoms. The minimum atomic E-state index is -1.53. The predicted octanol–water partition coefficient (Wildman–Crippen LogP) is 5.43. The van der Waals surface area contributed by atoms with E-state index < -0.39 is 7.26 Å². The van der Waals surface area contributed by atoms with Crippen LogP contribution < -0.4 is 10.6 Å². The van der Waals surface area contributed by atoms with Gasteiger partial charge in [-0.3, -0.25) is 0 Å². The summed E-state index contributed by atoms with van der Waals surface area (Å²) in [4.78, 5) is 0. The van der Waals surface area contributed by atoms with E-state index >= 15 is 0 Å². The van der Waals surface area contributed by atoms with E-state index in [1.165, 1.54) is 16.2 Å². The van der Waals surface area contributed by atoms with Crippen LogP contribution in [0.5, 0.6) is 0 Å². The standard InChI is InChI=1S/C23H24P/c1-2-3-19-24(22-15-9-5-10-16-22,23-17-11-6-12-18-23)20-21-13-7-4-8-14-21/h2-18H,19-20H2,1H3/q+1. The summed E-state index contributed by atoms with van der Waals surface area (Å²) in [6, 6.07) is 33.1. The van der Waals surface area contributed by atoms with E-state index in [0.717, 1.165) is 12.3 Å². The highest BCUT2D eigenvalue weighted by Crippen LogP contribution is 2.59. The van der Waals surface area contributed by atoms with Crippen LogP contribution in [0.1, 0.15) is 12.5 Å². The fourth-order valence-electron chi connectivity index (χ4n) is 3.21. The number of hydrogen-bond donors (Lipinski definition) is 0. The molecule has 0 bridgehead atoms. The topological polar surface area (TPSA) is 0 Å². The quantitative estimate of drug-likeness (QED) is 0.417. The maximum Gasteiger partial charge on any atom is 0.0998 e. The molecule has 0 aromatic heterocycles. The fourth-order valence-corrected chi connectivity index (χ4v) is 7.32. The summed E-state index contributed by atoms with van der Waals surface area (Å²) in [7, 11) is -1.53. The van der Waals surface area contributed by atoms with Gasteiger partial charge in [0.15, 0.2) is 0 Å². The molecule has 0 heterocycles. The van der Waals surface area contributed by atoms with E-state index in [9.17, 15) is 0 Å². The third-order valence-corrected chi connectivity index (χ3v) is 8.76. The average Bonchev–Trinajstić information content (AvgIpc) is 2.67. The molecule has 3 aromatic rings. The molecule has 3 rings (SSSR count). The van der Waals surface area contributed by atoms with Crippen molar-refractivity contribution in [1.29, 1.82) is 0 Å². The van der Waals surface area contributed by atoms with Crippen molar-refractivity contribution in [3.63, 3.8) is 0 Å². The molecule has 0 aliphatic heterocycles. The van der Waals surface area contributed by atoms with Gasteiger partial charge in [-0.05, 0) is 36.8 Å². The van der Waals surface area contributed by atoms with Gasteiger partial charge in [0.25, 0.3) is 0 Å². The lowest BCUT2D eigenvalue weighted by molar-refractivity contribution is 1.37. The van der Waals surface area contributed by atoms with Gasteiger partial charge < -0.3 is 0 Å². The summed E-state index contributed by atoms with van der Waals surface area (Å²) in [6.07, 6.45) is 6.74. The van der Waals surface area contributed by atoms with Crippen molar-refractivity contribution < 1.29 is 0 Å². The molecule has 0 saturated carbocycles. The summed E-state index contributed by atoms with van der Waals surface area (Å²) >= 11 is 0. The second kappa shape index (κ2) is 8.08. The Morgan fingerprint density at radius 2 is 1.12 bits per heavy atom. The van der Waals surface area contributed by atoms with Crippen LogP contribution in [0.25, 0.3) is 0 Å². The van der Waals surface area contributed by atoms with E-state index in [0.29, 0.717) is 0 Å². The number of hydrogen-bond acceptors (Lipinski definition) is 0. The molecular weight excluding hydrogens is 307 g/mol. The zero-order valence-electron chi connectivity index (χ0n) is 14.2. The third-order valence-electron chi connectivity index (χ3n) is 4.45. The van der Waals surface area contributed by atoms with Crippen molar-refractivity contribution >= 4 is 17.9 Å². The maximum atomic E-state index is 2.34. The molecule has 0 amide bonds. The van der Waals surface area contributed by atoms with E-state index in [2.05, 4.69) is 110 Å². The minimum absolute atomic E-state index is 1.10. The zero-order chi connectivity index (χ0) is 16.7. The van der Waals surface area contributed by atoms with Crippen molar-refractivity contribution in [2.75, 3.05) is 6.16 Å². The molecule has 0 aliphatic carbocycles. The van der Waals surface area contributed by atoms with Gasteiger partial charge in [-0.1, -0.05) is 78.9 Å². The molecule has 0 aliphatic rings. The summed E-state index contributed by atoms with van der Waals surface area (Å²) in [5.41, 5.74) is 1.42. The lowest BCUT2D eigenvalue weighted by Gasteiger charge is -2.27. The van der Waals surface area contributed by atoms with Crippen LogP contribution in [0.3, 0.4) is 0 Å². The van der Waals surface area contributed by atoms with Crippen LogP contribution in [0.2, 0.25) is 0 Å². The monoisotopic (exact) mass is 331 g/mol. The summed E-state index contributed by atoms with van der Waals surface area (Å²) < 4.78 is 0. The first-order valence-electron chi connectivity index (χ1n) is 8.48. The lowest BCUT2D eigenvalue weighted by Crippen LogP contribution is -2.26. The van der Waals surface area contributed by atoms with Gasteiger partial charge in [-0.15, -0.1) is 0 Å². The smallest absolute Gasteiger partial charge is 0.0881 e. The van der Waals surface area contributed by atoms with Gasteiger partial charge in [0, 0.05) is 0 Å². The Kier molecular flexibility index (Phi) is 5.62. The first kappa shape index (κ1) is 16.7. The molecule has 24 heavy (non-hydrogen) atoms. The molecule has 0 fully saturated rings. The van der Waals surface area contributed by atoms with E-state index in [4.69, 9.17) is 0 Å². The highest BCUT2D eigenvalue weighted by atomic mass is 31.2. The Morgan fingerprint density at radius 1 is 0.667 bits per heavy atom. The Balaban J connectivity index is 2.16. The molecule has 0 radical (unpaired) electrons. The van der Waals surface area contributed by atoms with Crippen LogP contribution in [0.4, 0.5) is 0 Å². The van der Waals surface area contributed by atoms with Gasteiger partial charge in [-0.2, -0.15) is 0 Å². The summed E-state index contributed by atoms with van der Waals surface area (Å²) in [6.45, 7) is 2.12. The van der Waals surface area contributed by atoms with Crippen molar-refractivity contribution in [2.24, 2.45) is 0 Å². The molecule has 0 spiro atoms. The molecule has 3 aromatic carbocycles. The van der Waals surface area contributed by atoms with Gasteiger partial charge >= 0.3 is 0 Å². The van der Waals surface area contributed by atoms with Crippen LogP contribution in [0, 0.1) is 0 Å². The highest BCUT2D eigenvalue weighted by molar-refractivity contribution is 7.89. The number of rotatable bonds is 6. The Morgan fingerprint density at radius 3 is 1.58 bits per heavy atom. The summed E-state index contributed by atoms with van der Waals surface area (Å²) in [5, 5.41) is 2.97. The molecule has 0 saturated heterocycles. The first-order valence-corrected chi connectivity index (χ1v) is 10.6. The highest BCUT2D eigenvalue weighted by Gasteiger charge is 2.41. The van der Waals surface area contributed by atoms with Crippen LogP contribution >= 0.6 is 7.26 Å². The van der Waals surface area contributed by atoms with Crippen molar-refractivity contribution in [3.05, 3.63) is 109 Å². The Labute approximate surface area is 146 Å². The number of allylic oxidation sites excluding steroid dienone is 2. The maximum absolute atomic E-state index is 2.34. The lowest BCUT2D eigenvalue weighted by atomic mass is 10.2. The normalized spacial score (nSPS) is 11.7. The van der Waals surface area contributed by atoms with E-state index in [1.54, 1.807) is 0 Å². The predicted molar refractivity (Wildman–Crippen MR) is 109 cm³/mol. The van der Waals surface area contributed by atoms with Gasteiger partial charge in [-0.25, -0.2) is 0 Å². The molecule has 0 N–H and O–H groups in total. The second-order valence-electron chi connectivity index (χ2n) is 6.03. The third kappa shape index (κ3) is 3.66. The fraction of sp³-hybridized carbons (Fsp3) is 0.130. The van der Waals surface area contributed by atoms with E-state index in [-0.39, 0.29) is 0 Å². The van der Waals surface area contributed by atoms with E-state index in [1.807, 2.05) is 0 Å². The van der Waals surface area contributed by atoms with Crippen LogP contribution in [-0.4, -0.2) is 6.16 Å². The van der Waals surface area contributed by atoms with Crippen molar-refractivity contribution in [2.45, 2.75) is 13.1 Å². The average molecular weight is 331 g/mol.